The average Bonchev–Trinajstić information content (AvgIpc) is 3.22. The first kappa shape index (κ1) is 20.3. The largest absolute Gasteiger partial charge is 0.454 e. The number of ether oxygens (including phenoxy) is 1. The zero-order chi connectivity index (χ0) is 20.4. The van der Waals surface area contributed by atoms with Crippen molar-refractivity contribution in [2.75, 3.05) is 6.61 Å². The van der Waals surface area contributed by atoms with Gasteiger partial charge in [-0.3, -0.25) is 4.79 Å². The molecular weight excluding hydrogens is 396 g/mol. The Balaban J connectivity index is 1.73. The van der Waals surface area contributed by atoms with E-state index in [0.29, 0.717) is 23.4 Å². The third-order valence-corrected chi connectivity index (χ3v) is 5.74. The van der Waals surface area contributed by atoms with E-state index < -0.39 is 5.97 Å². The monoisotopic (exact) mass is 416 g/mol. The molecule has 0 saturated carbocycles. The predicted molar refractivity (Wildman–Crippen MR) is 111 cm³/mol. The van der Waals surface area contributed by atoms with Gasteiger partial charge in [0.25, 0.3) is 0 Å². The Morgan fingerprint density at radius 2 is 1.96 bits per heavy atom. The van der Waals surface area contributed by atoms with E-state index in [0.717, 1.165) is 11.4 Å². The SMILES string of the molecule is Cc1cc(C)c(C(=O)OCC(=O)c2cc(C)n(Cc3cccs3)c2C)c(Cl)n1. The van der Waals surface area contributed by atoms with Crippen molar-refractivity contribution in [3.63, 3.8) is 0 Å². The van der Waals surface area contributed by atoms with Crippen molar-refractivity contribution in [3.05, 3.63) is 73.4 Å². The molecule has 0 radical (unpaired) electrons. The highest BCUT2D eigenvalue weighted by Crippen LogP contribution is 2.22. The number of hydrogen-bond donors (Lipinski definition) is 0. The van der Waals surface area contributed by atoms with Crippen LogP contribution in [-0.4, -0.2) is 27.9 Å². The molecule has 0 atom stereocenters. The van der Waals surface area contributed by atoms with Gasteiger partial charge in [0.05, 0.1) is 12.1 Å². The van der Waals surface area contributed by atoms with E-state index in [4.69, 9.17) is 16.3 Å². The Morgan fingerprint density at radius 3 is 2.61 bits per heavy atom. The molecule has 28 heavy (non-hydrogen) atoms. The molecule has 3 aromatic rings. The molecule has 5 nitrogen and oxygen atoms in total. The van der Waals surface area contributed by atoms with Crippen molar-refractivity contribution in [2.45, 2.75) is 34.2 Å². The molecule has 0 aliphatic rings. The lowest BCUT2D eigenvalue weighted by Crippen LogP contribution is -2.16. The third-order valence-electron chi connectivity index (χ3n) is 4.61. The number of Topliss-reactive ketones (excluding diaryl/α,β-unsaturated/α-hetero) is 1. The Hall–Kier alpha value is -2.44. The highest BCUT2D eigenvalue weighted by atomic mass is 35.5. The van der Waals surface area contributed by atoms with Gasteiger partial charge in [-0.05, 0) is 56.8 Å². The minimum Gasteiger partial charge on any atom is -0.454 e. The van der Waals surface area contributed by atoms with Gasteiger partial charge in [-0.25, -0.2) is 9.78 Å². The summed E-state index contributed by atoms with van der Waals surface area (Å²) < 4.78 is 7.32. The number of aryl methyl sites for hydroxylation is 3. The van der Waals surface area contributed by atoms with Crippen LogP contribution >= 0.6 is 22.9 Å². The van der Waals surface area contributed by atoms with Gasteiger partial charge in [-0.1, -0.05) is 17.7 Å². The van der Waals surface area contributed by atoms with Crippen LogP contribution in [0.25, 0.3) is 0 Å². The van der Waals surface area contributed by atoms with Crippen LogP contribution in [0.3, 0.4) is 0 Å². The Kier molecular flexibility index (Phi) is 6.01. The molecule has 0 saturated heterocycles. The number of hydrogen-bond acceptors (Lipinski definition) is 5. The zero-order valence-corrected chi connectivity index (χ0v) is 17.8. The number of carbonyl (C=O) groups is 2. The van der Waals surface area contributed by atoms with Gasteiger partial charge in [0.15, 0.2) is 6.61 Å². The topological polar surface area (TPSA) is 61.2 Å². The maximum atomic E-state index is 12.7. The fraction of sp³-hybridized carbons (Fsp3) is 0.286. The van der Waals surface area contributed by atoms with Crippen LogP contribution in [0.2, 0.25) is 5.15 Å². The van der Waals surface area contributed by atoms with Crippen LogP contribution < -0.4 is 0 Å². The second kappa shape index (κ2) is 8.29. The van der Waals surface area contributed by atoms with E-state index >= 15 is 0 Å². The van der Waals surface area contributed by atoms with Gasteiger partial charge in [-0.15, -0.1) is 11.3 Å². The van der Waals surface area contributed by atoms with Gasteiger partial charge in [0.1, 0.15) is 5.15 Å². The summed E-state index contributed by atoms with van der Waals surface area (Å²) in [6.07, 6.45) is 0. The van der Waals surface area contributed by atoms with Gasteiger partial charge >= 0.3 is 5.97 Å². The maximum Gasteiger partial charge on any atom is 0.342 e. The Morgan fingerprint density at radius 1 is 1.21 bits per heavy atom. The summed E-state index contributed by atoms with van der Waals surface area (Å²) in [4.78, 5) is 30.4. The average molecular weight is 417 g/mol. The number of thiophene rings is 1. The molecule has 3 aromatic heterocycles. The molecule has 146 valence electrons. The summed E-state index contributed by atoms with van der Waals surface area (Å²) in [6.45, 7) is 7.80. The molecule has 0 spiro atoms. The number of nitrogens with zero attached hydrogens (tertiary/aromatic N) is 2. The summed E-state index contributed by atoms with van der Waals surface area (Å²) in [5.41, 5.74) is 3.99. The summed E-state index contributed by atoms with van der Waals surface area (Å²) in [5.74, 6) is -0.886. The fourth-order valence-electron chi connectivity index (χ4n) is 3.20. The summed E-state index contributed by atoms with van der Waals surface area (Å²) in [6, 6.07) is 7.66. The lowest BCUT2D eigenvalue weighted by Gasteiger charge is -2.10. The van der Waals surface area contributed by atoms with Crippen LogP contribution in [-0.2, 0) is 11.3 Å². The molecule has 0 amide bonds. The van der Waals surface area contributed by atoms with E-state index in [2.05, 4.69) is 15.6 Å². The van der Waals surface area contributed by atoms with Gasteiger partial charge in [0.2, 0.25) is 5.78 Å². The quantitative estimate of drug-likeness (QED) is 0.325. The molecular formula is C21H21ClN2O3S. The number of carbonyl (C=O) groups excluding carboxylic acids is 2. The van der Waals surface area contributed by atoms with E-state index in [1.807, 2.05) is 31.4 Å². The van der Waals surface area contributed by atoms with E-state index in [-0.39, 0.29) is 23.1 Å². The van der Waals surface area contributed by atoms with E-state index in [1.54, 1.807) is 31.3 Å². The van der Waals surface area contributed by atoms with Gasteiger partial charge in [-0.2, -0.15) is 0 Å². The number of halogens is 1. The maximum absolute atomic E-state index is 12.7. The third kappa shape index (κ3) is 4.18. The van der Waals surface area contributed by atoms with Gasteiger partial charge < -0.3 is 9.30 Å². The standard InChI is InChI=1S/C21H21ClN2O3S/c1-12-8-13(2)23-20(22)19(12)21(26)27-11-18(25)17-9-14(3)24(15(17)4)10-16-6-5-7-28-16/h5-9H,10-11H2,1-4H3. The number of ketones is 1. The first-order valence-electron chi connectivity index (χ1n) is 8.81. The molecule has 0 aromatic carbocycles. The molecule has 0 unspecified atom stereocenters. The highest BCUT2D eigenvalue weighted by molar-refractivity contribution is 7.09. The van der Waals surface area contributed by atoms with Crippen LogP contribution in [0.15, 0.2) is 29.6 Å². The lowest BCUT2D eigenvalue weighted by atomic mass is 10.1. The fourth-order valence-corrected chi connectivity index (χ4v) is 4.25. The summed E-state index contributed by atoms with van der Waals surface area (Å²) in [7, 11) is 0. The van der Waals surface area contributed by atoms with Gasteiger partial charge in [0, 0.05) is 27.5 Å². The predicted octanol–water partition coefficient (Wildman–Crippen LogP) is 4.92. The van der Waals surface area contributed by atoms with Crippen molar-refractivity contribution in [3.8, 4) is 0 Å². The lowest BCUT2D eigenvalue weighted by molar-refractivity contribution is 0.0473. The normalized spacial score (nSPS) is 10.9. The highest BCUT2D eigenvalue weighted by Gasteiger charge is 2.21. The van der Waals surface area contributed by atoms with Crippen LogP contribution in [0.5, 0.6) is 0 Å². The van der Waals surface area contributed by atoms with Crippen molar-refractivity contribution < 1.29 is 14.3 Å². The number of pyridine rings is 1. The van der Waals surface area contributed by atoms with E-state index in [1.165, 1.54) is 4.88 Å². The number of aromatic nitrogens is 2. The first-order valence-corrected chi connectivity index (χ1v) is 10.1. The van der Waals surface area contributed by atoms with Crippen molar-refractivity contribution in [1.29, 1.82) is 0 Å². The zero-order valence-electron chi connectivity index (χ0n) is 16.2. The first-order chi connectivity index (χ1) is 13.3. The molecule has 0 bridgehead atoms. The molecule has 3 heterocycles. The second-order valence-corrected chi connectivity index (χ2v) is 8.09. The smallest absolute Gasteiger partial charge is 0.342 e. The molecule has 0 aliphatic carbocycles. The number of esters is 1. The van der Waals surface area contributed by atoms with Crippen LogP contribution in [0.4, 0.5) is 0 Å². The minimum atomic E-state index is -0.643. The Bertz CT molecular complexity index is 1020. The van der Waals surface area contributed by atoms with Crippen molar-refractivity contribution >= 4 is 34.7 Å². The van der Waals surface area contributed by atoms with Crippen LogP contribution in [0, 0.1) is 27.7 Å². The molecule has 0 fully saturated rings. The van der Waals surface area contributed by atoms with E-state index in [9.17, 15) is 9.59 Å². The number of rotatable bonds is 6. The Labute approximate surface area is 172 Å². The molecule has 0 N–H and O–H groups in total. The molecule has 3 rings (SSSR count). The molecule has 7 heteroatoms. The summed E-state index contributed by atoms with van der Waals surface area (Å²) in [5, 5.41) is 2.12. The second-order valence-electron chi connectivity index (χ2n) is 6.70. The van der Waals surface area contributed by atoms with Crippen molar-refractivity contribution in [2.24, 2.45) is 0 Å². The minimum absolute atomic E-state index is 0.0871. The van der Waals surface area contributed by atoms with Crippen molar-refractivity contribution in [1.82, 2.24) is 9.55 Å². The molecule has 0 aliphatic heterocycles. The van der Waals surface area contributed by atoms with Crippen LogP contribution in [0.1, 0.15) is 48.2 Å². The summed E-state index contributed by atoms with van der Waals surface area (Å²) >= 11 is 7.75.